The van der Waals surface area contributed by atoms with Crippen molar-refractivity contribution in [2.75, 3.05) is 27.3 Å². The number of likely N-dealkylation sites (N-methyl/N-ethyl adjacent to an activating group) is 1. The van der Waals surface area contributed by atoms with Crippen molar-refractivity contribution in [3.8, 4) is 5.75 Å². The predicted molar refractivity (Wildman–Crippen MR) is 73.5 cm³/mol. The molecule has 0 unspecified atom stereocenters. The fraction of sp³-hybridized carbons (Fsp3) is 0.385. The molecule has 1 aromatic rings. The molecule has 4 heteroatoms. The minimum atomic E-state index is -0.0322. The van der Waals surface area contributed by atoms with E-state index in [1.165, 1.54) is 0 Å². The quantitative estimate of drug-likeness (QED) is 0.876. The number of halogens is 1. The average molecular weight is 300 g/mol. The summed E-state index contributed by atoms with van der Waals surface area (Å²) in [4.78, 5) is 2.04. The van der Waals surface area contributed by atoms with Crippen LogP contribution in [-0.4, -0.2) is 37.3 Å². The molecule has 1 rings (SSSR count). The van der Waals surface area contributed by atoms with Crippen LogP contribution >= 0.6 is 15.9 Å². The van der Waals surface area contributed by atoms with Crippen molar-refractivity contribution >= 4 is 15.9 Å². The first-order chi connectivity index (χ1) is 8.08. The second-order valence-electron chi connectivity index (χ2n) is 3.90. The Morgan fingerprint density at radius 1 is 1.47 bits per heavy atom. The molecule has 1 N–H and O–H groups in total. The van der Waals surface area contributed by atoms with Gasteiger partial charge in [-0.2, -0.15) is 0 Å². The molecule has 0 amide bonds. The fourth-order valence-corrected chi connectivity index (χ4v) is 2.10. The van der Waals surface area contributed by atoms with Crippen molar-refractivity contribution in [2.45, 2.75) is 6.04 Å². The summed E-state index contributed by atoms with van der Waals surface area (Å²) < 4.78 is 6.01. The molecular weight excluding hydrogens is 282 g/mol. The Bertz CT molecular complexity index is 364. The van der Waals surface area contributed by atoms with E-state index < -0.39 is 0 Å². The number of hydrogen-bond acceptors (Lipinski definition) is 3. The molecule has 0 aromatic heterocycles. The third-order valence-electron chi connectivity index (χ3n) is 2.63. The van der Waals surface area contributed by atoms with Gasteiger partial charge in [0.25, 0.3) is 0 Å². The minimum absolute atomic E-state index is 0.0322. The summed E-state index contributed by atoms with van der Waals surface area (Å²) in [6, 6.07) is 7.69. The Balaban J connectivity index is 2.81. The summed E-state index contributed by atoms with van der Waals surface area (Å²) in [5.74, 6) is 0.818. The van der Waals surface area contributed by atoms with Crippen LogP contribution in [0.5, 0.6) is 5.75 Å². The predicted octanol–water partition coefficient (Wildman–Crippen LogP) is 2.57. The summed E-state index contributed by atoms with van der Waals surface area (Å²) in [5.41, 5.74) is 1.06. The highest BCUT2D eigenvalue weighted by atomic mass is 79.9. The van der Waals surface area contributed by atoms with E-state index >= 15 is 0 Å². The maximum atomic E-state index is 9.47. The van der Waals surface area contributed by atoms with Gasteiger partial charge in [0.15, 0.2) is 0 Å². The first kappa shape index (κ1) is 14.2. The van der Waals surface area contributed by atoms with Gasteiger partial charge in [-0.3, -0.25) is 4.90 Å². The summed E-state index contributed by atoms with van der Waals surface area (Å²) in [6.07, 6.45) is 0. The van der Waals surface area contributed by atoms with Gasteiger partial charge >= 0.3 is 0 Å². The van der Waals surface area contributed by atoms with Gasteiger partial charge < -0.3 is 9.84 Å². The van der Waals surface area contributed by atoms with E-state index in [1.54, 1.807) is 7.11 Å². The second-order valence-corrected chi connectivity index (χ2v) is 5.03. The summed E-state index contributed by atoms with van der Waals surface area (Å²) >= 11 is 3.33. The van der Waals surface area contributed by atoms with Crippen molar-refractivity contribution in [3.05, 3.63) is 40.9 Å². The van der Waals surface area contributed by atoms with Crippen molar-refractivity contribution < 1.29 is 9.84 Å². The smallest absolute Gasteiger partial charge is 0.118 e. The number of benzene rings is 1. The Morgan fingerprint density at radius 3 is 2.47 bits per heavy atom. The Morgan fingerprint density at radius 2 is 2.06 bits per heavy atom. The van der Waals surface area contributed by atoms with Crippen molar-refractivity contribution in [1.82, 2.24) is 4.90 Å². The molecular formula is C13H18BrNO2. The van der Waals surface area contributed by atoms with Crippen molar-refractivity contribution in [3.63, 3.8) is 0 Å². The molecule has 17 heavy (non-hydrogen) atoms. The fourth-order valence-electron chi connectivity index (χ4n) is 1.71. The van der Waals surface area contributed by atoms with Gasteiger partial charge in [0.1, 0.15) is 5.75 Å². The Labute approximate surface area is 111 Å². The third-order valence-corrected chi connectivity index (χ3v) is 2.88. The van der Waals surface area contributed by atoms with E-state index in [2.05, 4.69) is 22.5 Å². The molecule has 0 aliphatic carbocycles. The van der Waals surface area contributed by atoms with E-state index in [-0.39, 0.29) is 12.6 Å². The number of ether oxygens (including phenoxy) is 1. The van der Waals surface area contributed by atoms with E-state index in [1.807, 2.05) is 36.2 Å². The van der Waals surface area contributed by atoms with Gasteiger partial charge in [-0.25, -0.2) is 0 Å². The van der Waals surface area contributed by atoms with E-state index in [4.69, 9.17) is 4.74 Å². The van der Waals surface area contributed by atoms with Crippen molar-refractivity contribution in [2.24, 2.45) is 0 Å². The summed E-state index contributed by atoms with van der Waals surface area (Å²) in [6.45, 7) is 4.57. The van der Waals surface area contributed by atoms with Crippen LogP contribution in [0.2, 0.25) is 0 Å². The highest BCUT2D eigenvalue weighted by Crippen LogP contribution is 2.22. The van der Waals surface area contributed by atoms with Gasteiger partial charge in [0.2, 0.25) is 0 Å². The topological polar surface area (TPSA) is 32.7 Å². The average Bonchev–Trinajstić information content (AvgIpc) is 2.30. The lowest BCUT2D eigenvalue weighted by Crippen LogP contribution is -2.28. The Hall–Kier alpha value is -0.840. The molecule has 0 fully saturated rings. The van der Waals surface area contributed by atoms with E-state index in [0.29, 0.717) is 6.54 Å². The summed E-state index contributed by atoms with van der Waals surface area (Å²) in [7, 11) is 3.59. The molecule has 0 bridgehead atoms. The summed E-state index contributed by atoms with van der Waals surface area (Å²) in [5, 5.41) is 9.47. The number of aliphatic hydroxyl groups excluding tert-OH is 1. The minimum Gasteiger partial charge on any atom is -0.497 e. The normalized spacial score (nSPS) is 12.5. The van der Waals surface area contributed by atoms with Crippen LogP contribution in [0.3, 0.4) is 0 Å². The molecule has 0 saturated carbocycles. The van der Waals surface area contributed by atoms with Crippen LogP contribution in [0.15, 0.2) is 35.3 Å². The van der Waals surface area contributed by atoms with Crippen LogP contribution in [0.4, 0.5) is 0 Å². The lowest BCUT2D eigenvalue weighted by molar-refractivity contribution is 0.158. The zero-order chi connectivity index (χ0) is 12.8. The lowest BCUT2D eigenvalue weighted by atomic mass is 10.1. The zero-order valence-electron chi connectivity index (χ0n) is 10.2. The SMILES string of the molecule is C=C(Br)CN(C)[C@@H](CO)c1ccc(OC)cc1. The number of hydrogen-bond donors (Lipinski definition) is 1. The van der Waals surface area contributed by atoms with Gasteiger partial charge in [0.05, 0.1) is 19.8 Å². The monoisotopic (exact) mass is 299 g/mol. The molecule has 1 atom stereocenters. The molecule has 0 heterocycles. The van der Waals surface area contributed by atoms with Gasteiger partial charge in [-0.05, 0) is 24.7 Å². The van der Waals surface area contributed by atoms with Crippen molar-refractivity contribution in [1.29, 1.82) is 0 Å². The molecule has 0 aliphatic heterocycles. The zero-order valence-corrected chi connectivity index (χ0v) is 11.8. The highest BCUT2D eigenvalue weighted by molar-refractivity contribution is 9.11. The van der Waals surface area contributed by atoms with Crippen LogP contribution in [-0.2, 0) is 0 Å². The highest BCUT2D eigenvalue weighted by Gasteiger charge is 2.16. The van der Waals surface area contributed by atoms with Crippen LogP contribution in [0, 0.1) is 0 Å². The molecule has 0 saturated heterocycles. The number of rotatable bonds is 6. The van der Waals surface area contributed by atoms with Gasteiger partial charge in [-0.1, -0.05) is 34.6 Å². The molecule has 94 valence electrons. The second kappa shape index (κ2) is 6.79. The molecule has 3 nitrogen and oxygen atoms in total. The maximum Gasteiger partial charge on any atom is 0.118 e. The van der Waals surface area contributed by atoms with E-state index in [0.717, 1.165) is 15.8 Å². The Kier molecular flexibility index (Phi) is 5.68. The first-order valence-electron chi connectivity index (χ1n) is 5.36. The maximum absolute atomic E-state index is 9.47. The number of methoxy groups -OCH3 is 1. The standard InChI is InChI=1S/C13H18BrNO2/c1-10(14)8-15(2)13(9-16)11-4-6-12(17-3)7-5-11/h4-7,13,16H,1,8-9H2,2-3H3/t13-/m0/s1. The van der Waals surface area contributed by atoms with Crippen LogP contribution in [0.1, 0.15) is 11.6 Å². The largest absolute Gasteiger partial charge is 0.497 e. The third kappa shape index (κ3) is 4.15. The lowest BCUT2D eigenvalue weighted by Gasteiger charge is -2.26. The van der Waals surface area contributed by atoms with Gasteiger partial charge in [-0.15, -0.1) is 0 Å². The first-order valence-corrected chi connectivity index (χ1v) is 6.16. The van der Waals surface area contributed by atoms with Crippen LogP contribution < -0.4 is 4.74 Å². The van der Waals surface area contributed by atoms with Crippen LogP contribution in [0.25, 0.3) is 0 Å². The number of nitrogens with zero attached hydrogens (tertiary/aromatic N) is 1. The van der Waals surface area contributed by atoms with Gasteiger partial charge in [0, 0.05) is 11.0 Å². The molecule has 0 spiro atoms. The molecule has 0 aliphatic rings. The number of aliphatic hydroxyl groups is 1. The molecule has 0 radical (unpaired) electrons. The van der Waals surface area contributed by atoms with E-state index in [9.17, 15) is 5.11 Å². The molecule has 1 aromatic carbocycles.